The standard InChI is InChI=1S/C13H18O3/c1-8(5-6-14)11-7-12(16-4)13(15)10(3)9(11)2/h6-8,15H,5H2,1-4H3. The van der Waals surface area contributed by atoms with Crippen LogP contribution in [0.5, 0.6) is 11.5 Å². The van der Waals surface area contributed by atoms with Crippen LogP contribution in [0.25, 0.3) is 0 Å². The number of ether oxygens (including phenoxy) is 1. The van der Waals surface area contributed by atoms with Gasteiger partial charge in [0.1, 0.15) is 6.29 Å². The Morgan fingerprint density at radius 1 is 1.44 bits per heavy atom. The molecule has 0 aliphatic heterocycles. The number of carbonyl (C=O) groups excluding carboxylic acids is 1. The third-order valence-electron chi connectivity index (χ3n) is 3.07. The number of carbonyl (C=O) groups is 1. The van der Waals surface area contributed by atoms with Gasteiger partial charge in [0.15, 0.2) is 11.5 Å². The van der Waals surface area contributed by atoms with Gasteiger partial charge < -0.3 is 14.6 Å². The Balaban J connectivity index is 3.29. The number of rotatable bonds is 4. The van der Waals surface area contributed by atoms with Crippen LogP contribution < -0.4 is 4.74 Å². The molecule has 1 rings (SSSR count). The maximum absolute atomic E-state index is 10.5. The number of aromatic hydroxyl groups is 1. The zero-order valence-electron chi connectivity index (χ0n) is 10.2. The monoisotopic (exact) mass is 222 g/mol. The molecule has 0 heterocycles. The maximum atomic E-state index is 10.5. The fourth-order valence-corrected chi connectivity index (χ4v) is 1.84. The third-order valence-corrected chi connectivity index (χ3v) is 3.07. The minimum Gasteiger partial charge on any atom is -0.504 e. The van der Waals surface area contributed by atoms with Crippen LogP contribution >= 0.6 is 0 Å². The van der Waals surface area contributed by atoms with Crippen molar-refractivity contribution in [3.05, 3.63) is 22.8 Å². The lowest BCUT2D eigenvalue weighted by Crippen LogP contribution is -2.01. The summed E-state index contributed by atoms with van der Waals surface area (Å²) in [5.74, 6) is 0.795. The highest BCUT2D eigenvalue weighted by Crippen LogP contribution is 2.37. The van der Waals surface area contributed by atoms with Gasteiger partial charge in [0.25, 0.3) is 0 Å². The first kappa shape index (κ1) is 12.6. The average Bonchev–Trinajstić information content (AvgIpc) is 2.27. The molecule has 3 heteroatoms. The van der Waals surface area contributed by atoms with E-state index in [0.29, 0.717) is 12.2 Å². The van der Waals surface area contributed by atoms with Gasteiger partial charge in [0.05, 0.1) is 7.11 Å². The molecule has 0 saturated heterocycles. The number of hydrogen-bond donors (Lipinski definition) is 1. The van der Waals surface area contributed by atoms with Crippen molar-refractivity contribution in [1.29, 1.82) is 0 Å². The van der Waals surface area contributed by atoms with Crippen molar-refractivity contribution in [3.63, 3.8) is 0 Å². The predicted molar refractivity (Wildman–Crippen MR) is 63.2 cm³/mol. The quantitative estimate of drug-likeness (QED) is 0.797. The van der Waals surface area contributed by atoms with Gasteiger partial charge in [-0.1, -0.05) is 6.92 Å². The Labute approximate surface area is 96.1 Å². The van der Waals surface area contributed by atoms with Crippen LogP contribution in [0, 0.1) is 13.8 Å². The Morgan fingerprint density at radius 2 is 2.06 bits per heavy atom. The lowest BCUT2D eigenvalue weighted by atomic mass is 9.91. The molecule has 1 aromatic carbocycles. The van der Waals surface area contributed by atoms with Crippen LogP contribution in [-0.2, 0) is 4.79 Å². The molecule has 0 aromatic heterocycles. The second kappa shape index (κ2) is 5.01. The second-order valence-electron chi connectivity index (χ2n) is 4.07. The number of hydrogen-bond acceptors (Lipinski definition) is 3. The van der Waals surface area contributed by atoms with Gasteiger partial charge in [-0.25, -0.2) is 0 Å². The highest BCUT2D eigenvalue weighted by Gasteiger charge is 2.16. The fourth-order valence-electron chi connectivity index (χ4n) is 1.84. The van der Waals surface area contributed by atoms with Gasteiger partial charge in [-0.2, -0.15) is 0 Å². The van der Waals surface area contributed by atoms with Crippen molar-refractivity contribution >= 4 is 6.29 Å². The Bertz CT molecular complexity index is 397. The molecular formula is C13H18O3. The third kappa shape index (κ3) is 2.18. The minimum atomic E-state index is 0.144. The van der Waals surface area contributed by atoms with Crippen LogP contribution in [0.3, 0.4) is 0 Å². The van der Waals surface area contributed by atoms with Gasteiger partial charge >= 0.3 is 0 Å². The first-order chi connectivity index (χ1) is 7.52. The van der Waals surface area contributed by atoms with Crippen molar-refractivity contribution in [2.75, 3.05) is 7.11 Å². The summed E-state index contributed by atoms with van der Waals surface area (Å²) >= 11 is 0. The normalized spacial score (nSPS) is 12.2. The van der Waals surface area contributed by atoms with Crippen molar-refractivity contribution in [3.8, 4) is 11.5 Å². The molecule has 16 heavy (non-hydrogen) atoms. The van der Waals surface area contributed by atoms with Crippen molar-refractivity contribution in [2.24, 2.45) is 0 Å². The summed E-state index contributed by atoms with van der Waals surface area (Å²) in [6.07, 6.45) is 1.40. The molecule has 0 saturated carbocycles. The molecule has 1 unspecified atom stereocenters. The van der Waals surface area contributed by atoms with E-state index < -0.39 is 0 Å². The van der Waals surface area contributed by atoms with E-state index in [1.54, 1.807) is 0 Å². The van der Waals surface area contributed by atoms with E-state index in [2.05, 4.69) is 0 Å². The van der Waals surface area contributed by atoms with E-state index in [9.17, 15) is 9.90 Å². The summed E-state index contributed by atoms with van der Waals surface area (Å²) in [6, 6.07) is 1.81. The van der Waals surface area contributed by atoms with Gasteiger partial charge in [0.2, 0.25) is 0 Å². The molecule has 1 N–H and O–H groups in total. The van der Waals surface area contributed by atoms with E-state index in [4.69, 9.17) is 4.74 Å². The molecule has 0 spiro atoms. The van der Waals surface area contributed by atoms with Crippen LogP contribution in [0.4, 0.5) is 0 Å². The van der Waals surface area contributed by atoms with Gasteiger partial charge in [-0.05, 0) is 42.5 Å². The lowest BCUT2D eigenvalue weighted by Gasteiger charge is -2.17. The molecule has 0 aliphatic rings. The summed E-state index contributed by atoms with van der Waals surface area (Å²) in [4.78, 5) is 10.5. The number of benzene rings is 1. The van der Waals surface area contributed by atoms with E-state index in [1.165, 1.54) is 7.11 Å². The molecular weight excluding hydrogens is 204 g/mol. The summed E-state index contributed by atoms with van der Waals surface area (Å²) in [6.45, 7) is 5.79. The van der Waals surface area contributed by atoms with E-state index in [0.717, 1.165) is 23.0 Å². The topological polar surface area (TPSA) is 46.5 Å². The Morgan fingerprint density at radius 3 is 2.56 bits per heavy atom. The summed E-state index contributed by atoms with van der Waals surface area (Å²) < 4.78 is 5.11. The highest BCUT2D eigenvalue weighted by atomic mass is 16.5. The van der Waals surface area contributed by atoms with E-state index in [-0.39, 0.29) is 11.7 Å². The van der Waals surface area contributed by atoms with Crippen LogP contribution in [0.1, 0.15) is 36.0 Å². The lowest BCUT2D eigenvalue weighted by molar-refractivity contribution is -0.108. The molecule has 1 atom stereocenters. The molecule has 3 nitrogen and oxygen atoms in total. The number of phenolic OH excluding ortho intramolecular Hbond substituents is 1. The molecule has 0 bridgehead atoms. The number of aldehydes is 1. The largest absolute Gasteiger partial charge is 0.504 e. The van der Waals surface area contributed by atoms with E-state index >= 15 is 0 Å². The summed E-state index contributed by atoms with van der Waals surface area (Å²) in [5.41, 5.74) is 2.89. The van der Waals surface area contributed by atoms with Crippen LogP contribution in [0.15, 0.2) is 6.07 Å². The minimum absolute atomic E-state index is 0.144. The number of methoxy groups -OCH3 is 1. The SMILES string of the molecule is COc1cc(C(C)CC=O)c(C)c(C)c1O. The zero-order chi connectivity index (χ0) is 12.3. The first-order valence-corrected chi connectivity index (χ1v) is 5.33. The Kier molecular flexibility index (Phi) is 3.93. The van der Waals surface area contributed by atoms with Gasteiger partial charge in [-0.15, -0.1) is 0 Å². The Hall–Kier alpha value is -1.51. The molecule has 0 aliphatic carbocycles. The predicted octanol–water partition coefficient (Wildman–Crippen LogP) is 2.71. The average molecular weight is 222 g/mol. The van der Waals surface area contributed by atoms with E-state index in [1.807, 2.05) is 26.8 Å². The molecule has 0 amide bonds. The molecule has 0 radical (unpaired) electrons. The van der Waals surface area contributed by atoms with Gasteiger partial charge in [-0.3, -0.25) is 0 Å². The number of phenols is 1. The van der Waals surface area contributed by atoms with Crippen molar-refractivity contribution < 1.29 is 14.6 Å². The van der Waals surface area contributed by atoms with Gasteiger partial charge in [0, 0.05) is 6.42 Å². The molecule has 88 valence electrons. The first-order valence-electron chi connectivity index (χ1n) is 5.33. The highest BCUT2D eigenvalue weighted by molar-refractivity contribution is 5.56. The smallest absolute Gasteiger partial charge is 0.161 e. The van der Waals surface area contributed by atoms with Crippen molar-refractivity contribution in [2.45, 2.75) is 33.1 Å². The van der Waals surface area contributed by atoms with Crippen LogP contribution in [0.2, 0.25) is 0 Å². The summed E-state index contributed by atoms with van der Waals surface area (Å²) in [5, 5.41) is 9.82. The van der Waals surface area contributed by atoms with Crippen molar-refractivity contribution in [1.82, 2.24) is 0 Å². The molecule has 0 fully saturated rings. The maximum Gasteiger partial charge on any atom is 0.161 e. The fraction of sp³-hybridized carbons (Fsp3) is 0.462. The molecule has 1 aromatic rings. The second-order valence-corrected chi connectivity index (χ2v) is 4.07. The van der Waals surface area contributed by atoms with Crippen LogP contribution in [-0.4, -0.2) is 18.5 Å². The summed E-state index contributed by atoms with van der Waals surface area (Å²) in [7, 11) is 1.53. The zero-order valence-corrected chi connectivity index (χ0v) is 10.2.